The average molecular weight is 311 g/mol. The van der Waals surface area contributed by atoms with E-state index in [9.17, 15) is 4.79 Å². The molecule has 0 aliphatic heterocycles. The van der Waals surface area contributed by atoms with Gasteiger partial charge >= 0.3 is 0 Å². The average Bonchev–Trinajstić information content (AvgIpc) is 2.68. The zero-order valence-electron chi connectivity index (χ0n) is 9.24. The van der Waals surface area contributed by atoms with Crippen LogP contribution in [0.1, 0.15) is 20.8 Å². The maximum Gasteiger partial charge on any atom is 0.261 e. The summed E-state index contributed by atoms with van der Waals surface area (Å²) in [5, 5.41) is 2.88. The first-order valence-corrected chi connectivity index (χ1v) is 6.71. The van der Waals surface area contributed by atoms with Crippen molar-refractivity contribution in [1.82, 2.24) is 10.3 Å². The van der Waals surface area contributed by atoms with Crippen LogP contribution in [0.4, 0.5) is 0 Å². The first-order valence-electron chi connectivity index (χ1n) is 5.10. The fraction of sp³-hybridized carbons (Fsp3) is 0.167. The van der Waals surface area contributed by atoms with Crippen molar-refractivity contribution < 1.29 is 4.79 Å². The lowest BCUT2D eigenvalue weighted by Crippen LogP contribution is -2.21. The smallest absolute Gasteiger partial charge is 0.261 e. The normalized spacial score (nSPS) is 10.2. The molecule has 0 saturated carbocycles. The van der Waals surface area contributed by atoms with Gasteiger partial charge in [0.25, 0.3) is 5.91 Å². The van der Waals surface area contributed by atoms with E-state index in [1.54, 1.807) is 12.4 Å². The molecule has 0 atom stereocenters. The molecular weight excluding hydrogens is 300 g/mol. The molecular formula is C12H11BrN2OS. The lowest BCUT2D eigenvalue weighted by atomic mass is 10.2. The predicted molar refractivity (Wildman–Crippen MR) is 72.2 cm³/mol. The Morgan fingerprint density at radius 1 is 1.47 bits per heavy atom. The van der Waals surface area contributed by atoms with Gasteiger partial charge in [0.15, 0.2) is 0 Å². The molecule has 17 heavy (non-hydrogen) atoms. The van der Waals surface area contributed by atoms with Crippen molar-refractivity contribution in [3.05, 3.63) is 50.4 Å². The van der Waals surface area contributed by atoms with Crippen molar-refractivity contribution >= 4 is 33.2 Å². The Balaban J connectivity index is 1.98. The standard InChI is InChI=1S/C12H11BrN2OS/c1-8-6-10(17-11(8)13)12(16)15-7-9-2-4-14-5-3-9/h2-6H,7H2,1H3,(H,15,16). The van der Waals surface area contributed by atoms with Crippen LogP contribution in [-0.4, -0.2) is 10.9 Å². The minimum atomic E-state index is -0.0411. The number of hydrogen-bond acceptors (Lipinski definition) is 3. The molecule has 1 amide bonds. The van der Waals surface area contributed by atoms with Crippen LogP contribution in [0.2, 0.25) is 0 Å². The van der Waals surface area contributed by atoms with Gasteiger partial charge in [0.2, 0.25) is 0 Å². The largest absolute Gasteiger partial charge is 0.347 e. The van der Waals surface area contributed by atoms with Gasteiger partial charge in [0, 0.05) is 18.9 Å². The highest BCUT2D eigenvalue weighted by Gasteiger charge is 2.10. The van der Waals surface area contributed by atoms with Crippen molar-refractivity contribution in [3.63, 3.8) is 0 Å². The first-order chi connectivity index (χ1) is 8.16. The summed E-state index contributed by atoms with van der Waals surface area (Å²) in [7, 11) is 0. The highest BCUT2D eigenvalue weighted by Crippen LogP contribution is 2.27. The number of thiophene rings is 1. The number of nitrogens with one attached hydrogen (secondary N) is 1. The van der Waals surface area contributed by atoms with Crippen LogP contribution in [0.3, 0.4) is 0 Å². The molecule has 0 aromatic carbocycles. The Hall–Kier alpha value is -1.20. The quantitative estimate of drug-likeness (QED) is 0.946. The minimum Gasteiger partial charge on any atom is -0.347 e. The molecule has 1 N–H and O–H groups in total. The maximum absolute atomic E-state index is 11.8. The van der Waals surface area contributed by atoms with Crippen molar-refractivity contribution in [2.45, 2.75) is 13.5 Å². The zero-order valence-corrected chi connectivity index (χ0v) is 11.6. The molecule has 2 aromatic rings. The lowest BCUT2D eigenvalue weighted by Gasteiger charge is -2.02. The van der Waals surface area contributed by atoms with Gasteiger partial charge in [-0.2, -0.15) is 0 Å². The second kappa shape index (κ2) is 5.42. The molecule has 2 aromatic heterocycles. The van der Waals surface area contributed by atoms with Crippen LogP contribution < -0.4 is 5.32 Å². The number of rotatable bonds is 3. The van der Waals surface area contributed by atoms with Gasteiger partial charge in [-0.25, -0.2) is 0 Å². The minimum absolute atomic E-state index is 0.0411. The molecule has 88 valence electrons. The third kappa shape index (κ3) is 3.14. The molecule has 3 nitrogen and oxygen atoms in total. The first kappa shape index (κ1) is 12.3. The van der Waals surface area contributed by atoms with E-state index in [2.05, 4.69) is 26.2 Å². The molecule has 2 heterocycles. The zero-order chi connectivity index (χ0) is 12.3. The summed E-state index contributed by atoms with van der Waals surface area (Å²) in [4.78, 5) is 16.5. The third-order valence-corrected chi connectivity index (χ3v) is 4.42. The topological polar surface area (TPSA) is 42.0 Å². The lowest BCUT2D eigenvalue weighted by molar-refractivity contribution is 0.0955. The molecule has 0 unspecified atom stereocenters. The van der Waals surface area contributed by atoms with Gasteiger partial charge in [-0.1, -0.05) is 0 Å². The summed E-state index contributed by atoms with van der Waals surface area (Å²) in [6, 6.07) is 5.66. The van der Waals surface area contributed by atoms with Gasteiger partial charge in [-0.3, -0.25) is 9.78 Å². The Bertz CT molecular complexity index is 505. The summed E-state index contributed by atoms with van der Waals surface area (Å²) in [5.41, 5.74) is 2.13. The number of nitrogens with zero attached hydrogens (tertiary/aromatic N) is 1. The van der Waals surface area contributed by atoms with Crippen LogP contribution in [0.25, 0.3) is 0 Å². The van der Waals surface area contributed by atoms with Crippen LogP contribution in [0.5, 0.6) is 0 Å². The number of halogens is 1. The van der Waals surface area contributed by atoms with Crippen LogP contribution in [-0.2, 0) is 6.54 Å². The molecule has 0 saturated heterocycles. The molecule has 0 spiro atoms. The molecule has 0 aliphatic carbocycles. The number of aromatic nitrogens is 1. The van der Waals surface area contributed by atoms with E-state index in [4.69, 9.17) is 0 Å². The van der Waals surface area contributed by atoms with Crippen LogP contribution >= 0.6 is 27.3 Å². The summed E-state index contributed by atoms with van der Waals surface area (Å²) in [5.74, 6) is -0.0411. The maximum atomic E-state index is 11.8. The highest BCUT2D eigenvalue weighted by atomic mass is 79.9. The Kier molecular flexibility index (Phi) is 3.91. The number of aryl methyl sites for hydroxylation is 1. The number of pyridine rings is 1. The SMILES string of the molecule is Cc1cc(C(=O)NCc2ccncc2)sc1Br. The van der Waals surface area contributed by atoms with Gasteiger partial charge < -0.3 is 5.32 Å². The van der Waals surface area contributed by atoms with Gasteiger partial charge in [0.1, 0.15) is 0 Å². The van der Waals surface area contributed by atoms with Gasteiger partial charge in [-0.15, -0.1) is 11.3 Å². The summed E-state index contributed by atoms with van der Waals surface area (Å²) in [6.45, 7) is 2.50. The second-order valence-electron chi connectivity index (χ2n) is 3.61. The monoisotopic (exact) mass is 310 g/mol. The van der Waals surface area contributed by atoms with Crippen molar-refractivity contribution in [3.8, 4) is 0 Å². The van der Waals surface area contributed by atoms with E-state index in [0.717, 1.165) is 19.8 Å². The molecule has 2 rings (SSSR count). The van der Waals surface area contributed by atoms with E-state index in [1.165, 1.54) is 11.3 Å². The van der Waals surface area contributed by atoms with Crippen molar-refractivity contribution in [1.29, 1.82) is 0 Å². The number of carbonyl (C=O) groups excluding carboxylic acids is 1. The van der Waals surface area contributed by atoms with E-state index in [-0.39, 0.29) is 5.91 Å². The van der Waals surface area contributed by atoms with Gasteiger partial charge in [0.05, 0.1) is 8.66 Å². The predicted octanol–water partition coefficient (Wildman–Crippen LogP) is 3.14. The van der Waals surface area contributed by atoms with E-state index in [1.807, 2.05) is 25.1 Å². The Labute approximate surface area is 112 Å². The van der Waals surface area contributed by atoms with Crippen molar-refractivity contribution in [2.75, 3.05) is 0 Å². The summed E-state index contributed by atoms with van der Waals surface area (Å²) >= 11 is 4.86. The summed E-state index contributed by atoms with van der Waals surface area (Å²) in [6.07, 6.45) is 3.43. The van der Waals surface area contributed by atoms with E-state index < -0.39 is 0 Å². The third-order valence-electron chi connectivity index (χ3n) is 2.28. The van der Waals surface area contributed by atoms with Crippen molar-refractivity contribution in [2.24, 2.45) is 0 Å². The number of hydrogen-bond donors (Lipinski definition) is 1. The molecule has 0 bridgehead atoms. The van der Waals surface area contributed by atoms with Gasteiger partial charge in [-0.05, 0) is 52.2 Å². The fourth-order valence-corrected chi connectivity index (χ4v) is 2.79. The molecule has 0 radical (unpaired) electrons. The fourth-order valence-electron chi connectivity index (χ4n) is 1.34. The van der Waals surface area contributed by atoms with E-state index in [0.29, 0.717) is 6.54 Å². The highest BCUT2D eigenvalue weighted by molar-refractivity contribution is 9.11. The van der Waals surface area contributed by atoms with Crippen LogP contribution in [0, 0.1) is 6.92 Å². The number of amides is 1. The second-order valence-corrected chi connectivity index (χ2v) is 5.98. The Morgan fingerprint density at radius 3 is 2.76 bits per heavy atom. The van der Waals surface area contributed by atoms with E-state index >= 15 is 0 Å². The molecule has 0 aliphatic rings. The number of carbonyl (C=O) groups is 1. The molecule has 5 heteroatoms. The summed E-state index contributed by atoms with van der Waals surface area (Å²) < 4.78 is 1.01. The molecule has 0 fully saturated rings. The van der Waals surface area contributed by atoms with Crippen LogP contribution in [0.15, 0.2) is 34.4 Å². The Morgan fingerprint density at radius 2 is 2.18 bits per heavy atom.